The first-order valence-corrected chi connectivity index (χ1v) is 9.98. The topological polar surface area (TPSA) is 126 Å². The Labute approximate surface area is 180 Å². The maximum atomic E-state index is 12.6. The van der Waals surface area contributed by atoms with Crippen LogP contribution in [0.4, 0.5) is 0 Å². The van der Waals surface area contributed by atoms with E-state index in [2.05, 4.69) is 20.3 Å². The van der Waals surface area contributed by atoms with Crippen LogP contribution in [-0.4, -0.2) is 46.2 Å². The van der Waals surface area contributed by atoms with Crippen LogP contribution in [0.15, 0.2) is 42.7 Å². The maximum absolute atomic E-state index is 12.6. The van der Waals surface area contributed by atoms with E-state index in [0.29, 0.717) is 32.6 Å². The fraction of sp³-hybridized carbons (Fsp3) is 0.143. The molecule has 0 saturated heterocycles. The first-order chi connectivity index (χ1) is 15.0. The molecule has 3 N–H and O–H groups in total. The minimum absolute atomic E-state index is 0.0473. The second kappa shape index (κ2) is 8.44. The van der Waals surface area contributed by atoms with Crippen LogP contribution in [-0.2, 0) is 6.54 Å². The van der Waals surface area contributed by atoms with Gasteiger partial charge in [-0.2, -0.15) is 0 Å². The van der Waals surface area contributed by atoms with E-state index in [0.717, 1.165) is 5.56 Å². The number of aromatic nitrogens is 3. The van der Waals surface area contributed by atoms with Crippen molar-refractivity contribution < 1.29 is 24.2 Å². The number of aromatic carboxylic acids is 1. The molecule has 0 spiro atoms. The number of carboxylic acid groups (broad SMARTS) is 1. The summed E-state index contributed by atoms with van der Waals surface area (Å²) in [5.74, 6) is -0.0138. The number of thiophene rings is 1. The van der Waals surface area contributed by atoms with Gasteiger partial charge in [-0.3, -0.25) is 4.79 Å². The number of fused-ring (bicyclic) bond motifs is 1. The Kier molecular flexibility index (Phi) is 5.54. The summed E-state index contributed by atoms with van der Waals surface area (Å²) in [4.78, 5) is 36.6. The zero-order chi connectivity index (χ0) is 22.0. The van der Waals surface area contributed by atoms with Gasteiger partial charge in [0.15, 0.2) is 5.65 Å². The van der Waals surface area contributed by atoms with E-state index in [1.54, 1.807) is 50.7 Å². The molecular weight excluding hydrogens is 420 g/mol. The minimum Gasteiger partial charge on any atom is -0.497 e. The number of rotatable bonds is 7. The van der Waals surface area contributed by atoms with Crippen molar-refractivity contribution in [2.24, 2.45) is 0 Å². The number of nitrogens with zero attached hydrogens (tertiary/aromatic N) is 2. The van der Waals surface area contributed by atoms with Crippen molar-refractivity contribution in [3.05, 3.63) is 58.7 Å². The van der Waals surface area contributed by atoms with E-state index >= 15 is 0 Å². The lowest BCUT2D eigenvalue weighted by Gasteiger charge is -2.11. The third kappa shape index (κ3) is 4.05. The molecule has 0 aliphatic heterocycles. The smallest absolute Gasteiger partial charge is 0.339 e. The van der Waals surface area contributed by atoms with Gasteiger partial charge in [0.1, 0.15) is 22.6 Å². The molecule has 158 valence electrons. The number of ether oxygens (including phenoxy) is 2. The first kappa shape index (κ1) is 20.4. The number of carbonyl (C=O) groups is 2. The van der Waals surface area contributed by atoms with Crippen molar-refractivity contribution in [1.29, 1.82) is 0 Å². The molecule has 3 aromatic heterocycles. The number of benzene rings is 1. The Morgan fingerprint density at radius 3 is 2.77 bits per heavy atom. The van der Waals surface area contributed by atoms with Gasteiger partial charge in [-0.25, -0.2) is 14.8 Å². The van der Waals surface area contributed by atoms with E-state index in [9.17, 15) is 14.7 Å². The Morgan fingerprint density at radius 1 is 1.19 bits per heavy atom. The lowest BCUT2D eigenvalue weighted by Crippen LogP contribution is -2.22. The van der Waals surface area contributed by atoms with Gasteiger partial charge >= 0.3 is 5.97 Å². The largest absolute Gasteiger partial charge is 0.497 e. The molecule has 10 heteroatoms. The summed E-state index contributed by atoms with van der Waals surface area (Å²) in [6, 6.07) is 8.83. The van der Waals surface area contributed by atoms with Crippen LogP contribution in [0.5, 0.6) is 11.5 Å². The third-order valence-corrected chi connectivity index (χ3v) is 5.73. The maximum Gasteiger partial charge on any atom is 0.339 e. The van der Waals surface area contributed by atoms with Gasteiger partial charge in [-0.15, -0.1) is 11.3 Å². The van der Waals surface area contributed by atoms with Crippen molar-refractivity contribution in [3.8, 4) is 22.1 Å². The average Bonchev–Trinajstić information content (AvgIpc) is 3.44. The van der Waals surface area contributed by atoms with Crippen LogP contribution < -0.4 is 14.8 Å². The van der Waals surface area contributed by atoms with Crippen molar-refractivity contribution in [1.82, 2.24) is 20.3 Å². The summed E-state index contributed by atoms with van der Waals surface area (Å²) in [5, 5.41) is 12.2. The molecule has 0 fully saturated rings. The number of hydrogen-bond acceptors (Lipinski definition) is 7. The van der Waals surface area contributed by atoms with Crippen molar-refractivity contribution in [3.63, 3.8) is 0 Å². The molecule has 3 heterocycles. The molecule has 0 radical (unpaired) electrons. The summed E-state index contributed by atoms with van der Waals surface area (Å²) < 4.78 is 10.6. The monoisotopic (exact) mass is 438 g/mol. The van der Waals surface area contributed by atoms with E-state index in [4.69, 9.17) is 9.47 Å². The number of nitrogens with one attached hydrogen (secondary N) is 2. The molecule has 4 aromatic rings. The van der Waals surface area contributed by atoms with Crippen LogP contribution >= 0.6 is 11.3 Å². The average molecular weight is 438 g/mol. The van der Waals surface area contributed by atoms with Crippen LogP contribution in [0.2, 0.25) is 0 Å². The Bertz CT molecular complexity index is 1280. The number of H-pyrrole nitrogens is 1. The highest BCUT2D eigenvalue weighted by atomic mass is 32.1. The van der Waals surface area contributed by atoms with Crippen molar-refractivity contribution in [2.45, 2.75) is 6.54 Å². The third-order valence-electron chi connectivity index (χ3n) is 4.62. The normalized spacial score (nSPS) is 10.8. The predicted octanol–water partition coefficient (Wildman–Crippen LogP) is 3.33. The van der Waals surface area contributed by atoms with Gasteiger partial charge in [0, 0.05) is 18.3 Å². The number of hydrogen-bond donors (Lipinski definition) is 3. The Balaban J connectivity index is 1.52. The molecule has 1 aromatic carbocycles. The molecule has 31 heavy (non-hydrogen) atoms. The summed E-state index contributed by atoms with van der Waals surface area (Å²) in [5.41, 5.74) is 1.99. The van der Waals surface area contributed by atoms with Gasteiger partial charge < -0.3 is 24.9 Å². The molecule has 4 rings (SSSR count). The van der Waals surface area contributed by atoms with Gasteiger partial charge in [0.2, 0.25) is 0 Å². The predicted molar refractivity (Wildman–Crippen MR) is 115 cm³/mol. The molecule has 0 aliphatic rings. The van der Waals surface area contributed by atoms with Crippen LogP contribution in [0.25, 0.3) is 21.7 Å². The molecule has 0 unspecified atom stereocenters. The summed E-state index contributed by atoms with van der Waals surface area (Å²) in [6.07, 6.45) is 2.90. The lowest BCUT2D eigenvalue weighted by molar-refractivity contribution is 0.0698. The number of carbonyl (C=O) groups excluding carboxylic acids is 1. The number of amides is 1. The van der Waals surface area contributed by atoms with Crippen molar-refractivity contribution >= 4 is 34.4 Å². The number of methoxy groups -OCH3 is 2. The summed E-state index contributed by atoms with van der Waals surface area (Å²) >= 11 is 1.24. The summed E-state index contributed by atoms with van der Waals surface area (Å²) in [6.45, 7) is 0.267. The van der Waals surface area contributed by atoms with Gasteiger partial charge in [0.05, 0.1) is 35.9 Å². The van der Waals surface area contributed by atoms with E-state index in [1.165, 1.54) is 17.5 Å². The highest BCUT2D eigenvalue weighted by Gasteiger charge is 2.16. The van der Waals surface area contributed by atoms with E-state index < -0.39 is 5.97 Å². The summed E-state index contributed by atoms with van der Waals surface area (Å²) in [7, 11) is 3.14. The molecular formula is C21H18N4O5S. The lowest BCUT2D eigenvalue weighted by atomic mass is 10.2. The second-order valence-corrected chi connectivity index (χ2v) is 7.57. The molecule has 9 nitrogen and oxygen atoms in total. The quantitative estimate of drug-likeness (QED) is 0.404. The minimum atomic E-state index is -1.09. The van der Waals surface area contributed by atoms with Crippen LogP contribution in [0, 0.1) is 0 Å². The fourth-order valence-electron chi connectivity index (χ4n) is 3.05. The van der Waals surface area contributed by atoms with E-state index in [-0.39, 0.29) is 23.5 Å². The van der Waals surface area contributed by atoms with Gasteiger partial charge in [-0.05, 0) is 30.3 Å². The van der Waals surface area contributed by atoms with Crippen LogP contribution in [0.3, 0.4) is 0 Å². The molecule has 0 saturated carbocycles. The van der Waals surface area contributed by atoms with Gasteiger partial charge in [-0.1, -0.05) is 0 Å². The first-order valence-electron chi connectivity index (χ1n) is 9.17. The molecule has 1 amide bonds. The Hall–Kier alpha value is -3.92. The van der Waals surface area contributed by atoms with Crippen LogP contribution in [0.1, 0.15) is 25.6 Å². The highest BCUT2D eigenvalue weighted by molar-refractivity contribution is 7.17. The van der Waals surface area contributed by atoms with Gasteiger partial charge in [0.25, 0.3) is 5.91 Å². The molecule has 0 aliphatic carbocycles. The van der Waals surface area contributed by atoms with E-state index in [1.807, 2.05) is 0 Å². The molecule has 0 atom stereocenters. The number of carboxylic acids is 1. The zero-order valence-electron chi connectivity index (χ0n) is 16.6. The van der Waals surface area contributed by atoms with Crippen molar-refractivity contribution in [2.75, 3.05) is 14.2 Å². The number of aromatic amines is 1. The second-order valence-electron chi connectivity index (χ2n) is 6.48. The fourth-order valence-corrected chi connectivity index (χ4v) is 3.93. The SMILES string of the molecule is COc1ccc(OC)c(CNC(=O)c2ccc(-c3cnc4[nH]cc(C(=O)O)c4n3)s2)c1. The Morgan fingerprint density at radius 2 is 2.03 bits per heavy atom. The standard InChI is InChI=1S/C21H18N4O5S/c1-29-12-3-4-15(30-2)11(7-12)8-24-20(26)17-6-5-16(31-17)14-10-23-19-18(25-14)13(9-22-19)21(27)28/h3-7,9-10H,8H2,1-2H3,(H,22,23)(H,24,26)(H,27,28). The zero-order valence-corrected chi connectivity index (χ0v) is 17.4. The molecule has 0 bridgehead atoms. The highest BCUT2D eigenvalue weighted by Crippen LogP contribution is 2.28.